The van der Waals surface area contributed by atoms with Gasteiger partial charge in [-0.15, -0.1) is 11.3 Å². The topological polar surface area (TPSA) is 81.2 Å². The van der Waals surface area contributed by atoms with Crippen molar-refractivity contribution in [2.75, 3.05) is 11.1 Å². The minimum Gasteiger partial charge on any atom is -0.469 e. The van der Waals surface area contributed by atoms with Crippen molar-refractivity contribution < 1.29 is 9.21 Å². The predicted molar refractivity (Wildman–Crippen MR) is 83.4 cm³/mol. The van der Waals surface area contributed by atoms with Crippen molar-refractivity contribution >= 4 is 28.1 Å². The zero-order chi connectivity index (χ0) is 14.8. The van der Waals surface area contributed by atoms with Gasteiger partial charge in [0.1, 0.15) is 12.0 Å². The molecule has 0 radical (unpaired) electrons. The number of thiazole rings is 1. The number of amides is 1. The number of rotatable bonds is 3. The van der Waals surface area contributed by atoms with Crippen LogP contribution in [-0.2, 0) is 0 Å². The van der Waals surface area contributed by atoms with Crippen LogP contribution in [0, 0.1) is 6.92 Å². The van der Waals surface area contributed by atoms with Crippen molar-refractivity contribution in [1.82, 2.24) is 4.98 Å². The number of nitrogens with zero attached hydrogens (tertiary/aromatic N) is 1. The molecule has 0 atom stereocenters. The average Bonchev–Trinajstić information content (AvgIpc) is 3.08. The lowest BCUT2D eigenvalue weighted by atomic mass is 10.1. The summed E-state index contributed by atoms with van der Waals surface area (Å²) in [6.45, 7) is 1.79. The van der Waals surface area contributed by atoms with Crippen LogP contribution in [0.2, 0.25) is 0 Å². The van der Waals surface area contributed by atoms with E-state index in [1.165, 1.54) is 17.6 Å². The highest BCUT2D eigenvalue weighted by molar-refractivity contribution is 7.14. The van der Waals surface area contributed by atoms with Crippen LogP contribution < -0.4 is 11.1 Å². The first-order valence-electron chi connectivity index (χ1n) is 6.30. The molecule has 21 heavy (non-hydrogen) atoms. The van der Waals surface area contributed by atoms with Gasteiger partial charge in [0.25, 0.3) is 5.91 Å². The van der Waals surface area contributed by atoms with Crippen LogP contribution in [0.25, 0.3) is 11.3 Å². The molecule has 0 saturated heterocycles. The van der Waals surface area contributed by atoms with Crippen molar-refractivity contribution in [3.8, 4) is 11.3 Å². The van der Waals surface area contributed by atoms with E-state index in [9.17, 15) is 4.79 Å². The molecule has 0 aliphatic heterocycles. The smallest absolute Gasteiger partial charge is 0.260 e. The van der Waals surface area contributed by atoms with Gasteiger partial charge in [0, 0.05) is 16.6 Å². The van der Waals surface area contributed by atoms with E-state index in [1.54, 1.807) is 13.0 Å². The summed E-state index contributed by atoms with van der Waals surface area (Å²) in [5, 5.41) is 5.17. The highest BCUT2D eigenvalue weighted by atomic mass is 32.1. The minimum atomic E-state index is -0.236. The van der Waals surface area contributed by atoms with Gasteiger partial charge in [0.2, 0.25) is 0 Å². The number of carbonyl (C=O) groups excluding carboxylic acids is 1. The highest BCUT2D eigenvalue weighted by Gasteiger charge is 2.12. The van der Waals surface area contributed by atoms with Crippen LogP contribution in [0.15, 0.2) is 46.4 Å². The Morgan fingerprint density at radius 1 is 1.38 bits per heavy atom. The zero-order valence-electron chi connectivity index (χ0n) is 11.3. The fraction of sp³-hybridized carbons (Fsp3) is 0.0667. The number of aromatic nitrogens is 1. The molecular formula is C15H13N3O2S. The number of carbonyl (C=O) groups is 1. The van der Waals surface area contributed by atoms with E-state index in [4.69, 9.17) is 10.2 Å². The number of anilines is 2. The molecule has 3 N–H and O–H groups in total. The third-order valence-corrected chi connectivity index (χ3v) is 3.66. The molecule has 5 nitrogen and oxygen atoms in total. The summed E-state index contributed by atoms with van der Waals surface area (Å²) in [7, 11) is 0. The van der Waals surface area contributed by atoms with Crippen molar-refractivity contribution in [1.29, 1.82) is 0 Å². The largest absolute Gasteiger partial charge is 0.469 e. The molecule has 3 rings (SSSR count). The zero-order valence-corrected chi connectivity index (χ0v) is 12.1. The van der Waals surface area contributed by atoms with E-state index in [-0.39, 0.29) is 5.91 Å². The van der Waals surface area contributed by atoms with Gasteiger partial charge in [0.15, 0.2) is 5.13 Å². The Bertz CT molecular complexity index is 792. The number of nitrogens with two attached hydrogens (primary N) is 1. The molecule has 106 valence electrons. The van der Waals surface area contributed by atoms with Crippen LogP contribution in [0.5, 0.6) is 0 Å². The molecule has 0 aliphatic rings. The molecule has 0 spiro atoms. The molecule has 0 saturated carbocycles. The second-order valence-corrected chi connectivity index (χ2v) is 5.42. The summed E-state index contributed by atoms with van der Waals surface area (Å²) in [6.07, 6.45) is 1.43. The second-order valence-electron chi connectivity index (χ2n) is 4.56. The first kappa shape index (κ1) is 13.4. The number of benzene rings is 1. The summed E-state index contributed by atoms with van der Waals surface area (Å²) in [6, 6.07) is 9.15. The molecule has 0 unspecified atom stereocenters. The second kappa shape index (κ2) is 5.41. The summed E-state index contributed by atoms with van der Waals surface area (Å²) in [4.78, 5) is 16.4. The molecule has 2 heterocycles. The Labute approximate surface area is 125 Å². The molecule has 1 amide bonds. The van der Waals surface area contributed by atoms with Crippen LogP contribution in [0.1, 0.15) is 16.1 Å². The van der Waals surface area contributed by atoms with E-state index in [1.807, 2.05) is 29.6 Å². The highest BCUT2D eigenvalue weighted by Crippen LogP contribution is 2.26. The van der Waals surface area contributed by atoms with E-state index < -0.39 is 0 Å². The number of aryl methyl sites for hydroxylation is 1. The molecular weight excluding hydrogens is 286 g/mol. The van der Waals surface area contributed by atoms with E-state index in [0.29, 0.717) is 22.1 Å². The van der Waals surface area contributed by atoms with E-state index in [2.05, 4.69) is 10.3 Å². The fourth-order valence-corrected chi connectivity index (χ4v) is 2.61. The molecule has 0 fully saturated rings. The first-order chi connectivity index (χ1) is 10.1. The fourth-order valence-electron chi connectivity index (χ4n) is 1.89. The lowest BCUT2D eigenvalue weighted by Gasteiger charge is -1.99. The van der Waals surface area contributed by atoms with Gasteiger partial charge in [0.05, 0.1) is 11.3 Å². The average molecular weight is 299 g/mol. The Hall–Kier alpha value is -2.60. The van der Waals surface area contributed by atoms with Crippen LogP contribution in [0.3, 0.4) is 0 Å². The van der Waals surface area contributed by atoms with Crippen LogP contribution in [0.4, 0.5) is 10.8 Å². The van der Waals surface area contributed by atoms with Gasteiger partial charge >= 0.3 is 0 Å². The number of nitrogens with one attached hydrogen (secondary N) is 1. The van der Waals surface area contributed by atoms with Crippen molar-refractivity contribution in [2.45, 2.75) is 6.92 Å². The lowest BCUT2D eigenvalue weighted by molar-refractivity contribution is 0.102. The number of hydrogen-bond donors (Lipinski definition) is 2. The number of nitrogen functional groups attached to an aromatic ring is 1. The molecule has 6 heteroatoms. The maximum absolute atomic E-state index is 12.0. The van der Waals surface area contributed by atoms with Crippen LogP contribution >= 0.6 is 11.3 Å². The summed E-state index contributed by atoms with van der Waals surface area (Å²) >= 11 is 1.37. The third-order valence-electron chi connectivity index (χ3n) is 2.90. The standard InChI is InChI=1S/C15H13N3O2S/c1-9-5-11(7-20-9)14(19)18-15-17-13(8-21-15)10-3-2-4-12(16)6-10/h2-8H,16H2,1H3,(H,17,18,19). The summed E-state index contributed by atoms with van der Waals surface area (Å²) in [5.74, 6) is 0.458. The molecule has 0 bridgehead atoms. The maximum Gasteiger partial charge on any atom is 0.260 e. The quantitative estimate of drug-likeness (QED) is 0.725. The predicted octanol–water partition coefficient (Wildman–Crippen LogP) is 3.55. The Morgan fingerprint density at radius 2 is 2.24 bits per heavy atom. The molecule has 0 aliphatic carbocycles. The Morgan fingerprint density at radius 3 is 2.95 bits per heavy atom. The van der Waals surface area contributed by atoms with Gasteiger partial charge in [-0.25, -0.2) is 4.98 Å². The normalized spacial score (nSPS) is 10.5. The number of furan rings is 1. The van der Waals surface area contributed by atoms with Gasteiger partial charge in [-0.1, -0.05) is 12.1 Å². The van der Waals surface area contributed by atoms with Gasteiger partial charge in [-0.2, -0.15) is 0 Å². The molecule has 1 aromatic carbocycles. The maximum atomic E-state index is 12.0. The summed E-state index contributed by atoms with van der Waals surface area (Å²) in [5.41, 5.74) is 8.62. The minimum absolute atomic E-state index is 0.236. The van der Waals surface area contributed by atoms with Crippen molar-refractivity contribution in [3.63, 3.8) is 0 Å². The lowest BCUT2D eigenvalue weighted by Crippen LogP contribution is -2.10. The van der Waals surface area contributed by atoms with Gasteiger partial charge in [-0.05, 0) is 25.1 Å². The van der Waals surface area contributed by atoms with E-state index >= 15 is 0 Å². The monoisotopic (exact) mass is 299 g/mol. The SMILES string of the molecule is Cc1cc(C(=O)Nc2nc(-c3cccc(N)c3)cs2)co1. The molecule has 2 aromatic heterocycles. The third kappa shape index (κ3) is 2.95. The Balaban J connectivity index is 1.78. The molecule has 3 aromatic rings. The van der Waals surface area contributed by atoms with Crippen LogP contribution in [-0.4, -0.2) is 10.9 Å². The number of hydrogen-bond acceptors (Lipinski definition) is 5. The summed E-state index contributed by atoms with van der Waals surface area (Å²) < 4.78 is 5.12. The van der Waals surface area contributed by atoms with Crippen molar-refractivity contribution in [3.05, 3.63) is 53.3 Å². The Kier molecular flexibility index (Phi) is 3.45. The van der Waals surface area contributed by atoms with Gasteiger partial charge in [-0.3, -0.25) is 10.1 Å². The van der Waals surface area contributed by atoms with Crippen molar-refractivity contribution in [2.24, 2.45) is 0 Å². The van der Waals surface area contributed by atoms with Gasteiger partial charge < -0.3 is 10.2 Å². The first-order valence-corrected chi connectivity index (χ1v) is 7.18. The van der Waals surface area contributed by atoms with E-state index in [0.717, 1.165) is 11.3 Å².